The Hall–Kier alpha value is -2.95. The number of fused-ring (bicyclic) bond motifs is 2. The summed E-state index contributed by atoms with van der Waals surface area (Å²) in [7, 11) is 0. The van der Waals surface area contributed by atoms with E-state index in [9.17, 15) is 9.59 Å². The fraction of sp³-hybridized carbons (Fsp3) is 0.318. The molecule has 1 heterocycles. The number of para-hydroxylation sites is 2. The number of carbonyl (C=O) groups excluding carboxylic acids is 2. The van der Waals surface area contributed by atoms with E-state index in [0.29, 0.717) is 5.69 Å². The molecule has 4 rings (SSSR count). The molecule has 1 aliphatic heterocycles. The van der Waals surface area contributed by atoms with Crippen molar-refractivity contribution in [1.82, 2.24) is 0 Å². The number of rotatable bonds is 4. The van der Waals surface area contributed by atoms with E-state index in [1.54, 1.807) is 4.90 Å². The Morgan fingerprint density at radius 2 is 1.96 bits per heavy atom. The van der Waals surface area contributed by atoms with Crippen LogP contribution in [0.1, 0.15) is 31.7 Å². The average Bonchev–Trinajstić information content (AvgIpc) is 3.11. The lowest BCUT2D eigenvalue weighted by atomic mass is 10.1. The molecule has 1 atom stereocenters. The zero-order valence-corrected chi connectivity index (χ0v) is 15.4. The van der Waals surface area contributed by atoms with Crippen molar-refractivity contribution in [1.29, 1.82) is 0 Å². The molecule has 0 saturated heterocycles. The molecule has 5 heteroatoms. The van der Waals surface area contributed by atoms with E-state index in [-0.39, 0.29) is 24.3 Å². The first-order chi connectivity index (χ1) is 13.2. The van der Waals surface area contributed by atoms with Crippen molar-refractivity contribution in [2.24, 2.45) is 10.9 Å². The van der Waals surface area contributed by atoms with Crippen molar-refractivity contribution < 1.29 is 9.59 Å². The largest absolute Gasteiger partial charge is 0.325 e. The highest BCUT2D eigenvalue weighted by Gasteiger charge is 2.36. The van der Waals surface area contributed by atoms with Crippen LogP contribution in [-0.4, -0.2) is 24.1 Å². The van der Waals surface area contributed by atoms with Gasteiger partial charge in [0.05, 0.1) is 17.3 Å². The molecule has 0 bridgehead atoms. The number of benzene rings is 2. The molecule has 5 nitrogen and oxygen atoms in total. The summed E-state index contributed by atoms with van der Waals surface area (Å²) in [6, 6.07) is 15.4. The van der Waals surface area contributed by atoms with Gasteiger partial charge < -0.3 is 10.2 Å². The van der Waals surface area contributed by atoms with Gasteiger partial charge in [0, 0.05) is 11.4 Å². The van der Waals surface area contributed by atoms with E-state index >= 15 is 0 Å². The summed E-state index contributed by atoms with van der Waals surface area (Å²) < 4.78 is 0. The van der Waals surface area contributed by atoms with E-state index in [2.05, 4.69) is 12.2 Å². The van der Waals surface area contributed by atoms with Crippen LogP contribution in [0.2, 0.25) is 0 Å². The summed E-state index contributed by atoms with van der Waals surface area (Å²) in [4.78, 5) is 32.1. The molecule has 1 saturated carbocycles. The van der Waals surface area contributed by atoms with Crippen LogP contribution in [0.3, 0.4) is 0 Å². The molecule has 0 radical (unpaired) electrons. The van der Waals surface area contributed by atoms with Crippen LogP contribution in [0.4, 0.5) is 17.1 Å². The van der Waals surface area contributed by atoms with Crippen molar-refractivity contribution >= 4 is 34.6 Å². The number of hydrogen-bond donors (Lipinski definition) is 1. The lowest BCUT2D eigenvalue weighted by molar-refractivity contribution is -0.122. The van der Waals surface area contributed by atoms with Crippen LogP contribution in [0.15, 0.2) is 53.5 Å². The molecule has 27 heavy (non-hydrogen) atoms. The second kappa shape index (κ2) is 7.35. The second-order valence-corrected chi connectivity index (χ2v) is 7.06. The highest BCUT2D eigenvalue weighted by atomic mass is 16.2. The van der Waals surface area contributed by atoms with Gasteiger partial charge >= 0.3 is 0 Å². The van der Waals surface area contributed by atoms with Crippen molar-refractivity contribution in [3.8, 4) is 0 Å². The zero-order chi connectivity index (χ0) is 18.8. The van der Waals surface area contributed by atoms with E-state index in [4.69, 9.17) is 4.99 Å². The van der Waals surface area contributed by atoms with Crippen LogP contribution in [0.5, 0.6) is 0 Å². The highest BCUT2D eigenvalue weighted by molar-refractivity contribution is 6.16. The number of nitrogens with zero attached hydrogens (tertiary/aromatic N) is 2. The monoisotopic (exact) mass is 361 g/mol. The van der Waals surface area contributed by atoms with Gasteiger partial charge in [0.25, 0.3) is 0 Å². The molecule has 1 aliphatic carbocycles. The van der Waals surface area contributed by atoms with E-state index in [1.165, 1.54) is 5.56 Å². The minimum atomic E-state index is -0.205. The van der Waals surface area contributed by atoms with Crippen LogP contribution < -0.4 is 10.2 Å². The molecule has 0 spiro atoms. The SMILES string of the molecule is CCc1ccc(NC(=O)CN2C(=O)[C@H]3CCCC3=Nc3ccccc32)cc1. The van der Waals surface area contributed by atoms with Gasteiger partial charge in [-0.2, -0.15) is 0 Å². The Balaban J connectivity index is 1.56. The molecule has 138 valence electrons. The van der Waals surface area contributed by atoms with E-state index in [1.807, 2.05) is 48.5 Å². The average molecular weight is 361 g/mol. The first-order valence-corrected chi connectivity index (χ1v) is 9.52. The zero-order valence-electron chi connectivity index (χ0n) is 15.4. The number of carbonyl (C=O) groups is 2. The van der Waals surface area contributed by atoms with Gasteiger partial charge in [-0.05, 0) is 55.5 Å². The fourth-order valence-electron chi connectivity index (χ4n) is 3.81. The Labute approximate surface area is 159 Å². The Kier molecular flexibility index (Phi) is 4.75. The summed E-state index contributed by atoms with van der Waals surface area (Å²) in [5.74, 6) is -0.425. The quantitative estimate of drug-likeness (QED) is 0.891. The number of nitrogens with one attached hydrogen (secondary N) is 1. The van der Waals surface area contributed by atoms with Crippen LogP contribution >= 0.6 is 0 Å². The molecule has 0 unspecified atom stereocenters. The lowest BCUT2D eigenvalue weighted by Crippen LogP contribution is -2.41. The molecule has 1 fully saturated rings. The third kappa shape index (κ3) is 3.50. The van der Waals surface area contributed by atoms with Crippen molar-refractivity contribution in [3.05, 3.63) is 54.1 Å². The molecular formula is C22H23N3O2. The number of amides is 2. The summed E-state index contributed by atoms with van der Waals surface area (Å²) in [5, 5.41) is 2.90. The van der Waals surface area contributed by atoms with Gasteiger partial charge in [-0.1, -0.05) is 31.2 Å². The van der Waals surface area contributed by atoms with Gasteiger partial charge in [-0.25, -0.2) is 0 Å². The number of anilines is 2. The topological polar surface area (TPSA) is 61.8 Å². The number of hydrogen-bond acceptors (Lipinski definition) is 3. The van der Waals surface area contributed by atoms with E-state index in [0.717, 1.165) is 42.8 Å². The maximum atomic E-state index is 13.1. The normalized spacial score (nSPS) is 18.4. The second-order valence-electron chi connectivity index (χ2n) is 7.06. The van der Waals surface area contributed by atoms with Crippen LogP contribution in [0.25, 0.3) is 0 Å². The van der Waals surface area contributed by atoms with Gasteiger partial charge in [0.2, 0.25) is 11.8 Å². The summed E-state index contributed by atoms with van der Waals surface area (Å²) >= 11 is 0. The van der Waals surface area contributed by atoms with Gasteiger partial charge in [-0.15, -0.1) is 0 Å². The standard InChI is InChI=1S/C22H23N3O2/c1-2-15-10-12-16(13-11-15)23-21(26)14-25-20-9-4-3-7-19(20)24-18-8-5-6-17(18)22(25)27/h3-4,7,9-13,17H,2,5-6,8,14H2,1H3,(H,23,26)/t17-/m0/s1. The molecule has 1 N–H and O–H groups in total. The Morgan fingerprint density at radius 3 is 2.74 bits per heavy atom. The molecule has 0 aromatic heterocycles. The third-order valence-corrected chi connectivity index (χ3v) is 5.28. The minimum absolute atomic E-state index is 0.00925. The summed E-state index contributed by atoms with van der Waals surface area (Å²) in [5.41, 5.74) is 4.39. The first-order valence-electron chi connectivity index (χ1n) is 9.52. The van der Waals surface area contributed by atoms with Crippen LogP contribution in [0, 0.1) is 5.92 Å². The van der Waals surface area contributed by atoms with Crippen molar-refractivity contribution in [3.63, 3.8) is 0 Å². The maximum Gasteiger partial charge on any atom is 0.244 e. The van der Waals surface area contributed by atoms with Crippen LogP contribution in [-0.2, 0) is 16.0 Å². The van der Waals surface area contributed by atoms with Crippen molar-refractivity contribution in [2.75, 3.05) is 16.8 Å². The lowest BCUT2D eigenvalue weighted by Gasteiger charge is -2.24. The predicted molar refractivity (Wildman–Crippen MR) is 108 cm³/mol. The molecule has 2 aromatic rings. The number of aliphatic imine (C=N–C) groups is 1. The molecular weight excluding hydrogens is 338 g/mol. The maximum absolute atomic E-state index is 13.1. The molecule has 2 aromatic carbocycles. The van der Waals surface area contributed by atoms with Gasteiger partial charge in [0.15, 0.2) is 0 Å². The number of aryl methyl sites for hydroxylation is 1. The molecule has 2 amide bonds. The van der Waals surface area contributed by atoms with Crippen molar-refractivity contribution in [2.45, 2.75) is 32.6 Å². The first kappa shape index (κ1) is 17.5. The Morgan fingerprint density at radius 1 is 1.19 bits per heavy atom. The van der Waals surface area contributed by atoms with Gasteiger partial charge in [0.1, 0.15) is 6.54 Å². The summed E-state index contributed by atoms with van der Waals surface area (Å²) in [6.45, 7) is 2.08. The third-order valence-electron chi connectivity index (χ3n) is 5.28. The Bertz CT molecular complexity index is 902. The summed E-state index contributed by atoms with van der Waals surface area (Å²) in [6.07, 6.45) is 3.59. The fourth-order valence-corrected chi connectivity index (χ4v) is 3.81. The highest BCUT2D eigenvalue weighted by Crippen LogP contribution is 2.37. The molecule has 2 aliphatic rings. The predicted octanol–water partition coefficient (Wildman–Crippen LogP) is 4.11. The minimum Gasteiger partial charge on any atom is -0.325 e. The van der Waals surface area contributed by atoms with E-state index < -0.39 is 0 Å². The van der Waals surface area contributed by atoms with Gasteiger partial charge in [-0.3, -0.25) is 14.6 Å². The smallest absolute Gasteiger partial charge is 0.244 e.